The number of benzene rings is 1. The number of carboxylic acids is 1. The number of amides is 1. The van der Waals surface area contributed by atoms with Crippen LogP contribution in [0.15, 0.2) is 36.5 Å². The Morgan fingerprint density at radius 3 is 2.79 bits per heavy atom. The second-order valence-electron chi connectivity index (χ2n) is 6.28. The van der Waals surface area contributed by atoms with E-state index in [9.17, 15) is 14.7 Å². The molecule has 1 aliphatic rings. The van der Waals surface area contributed by atoms with Gasteiger partial charge in [0.25, 0.3) is 5.91 Å². The van der Waals surface area contributed by atoms with Gasteiger partial charge in [-0.05, 0) is 18.2 Å². The molecule has 1 amide bonds. The number of halogens is 1. The highest BCUT2D eigenvalue weighted by atomic mass is 35.5. The number of anilines is 2. The van der Waals surface area contributed by atoms with E-state index in [0.29, 0.717) is 31.4 Å². The van der Waals surface area contributed by atoms with Crippen molar-refractivity contribution in [1.82, 2.24) is 4.98 Å². The summed E-state index contributed by atoms with van der Waals surface area (Å²) in [6.07, 6.45) is 1.24. The molecule has 9 heteroatoms. The average Bonchev–Trinajstić information content (AvgIpc) is 2.69. The van der Waals surface area contributed by atoms with Crippen molar-refractivity contribution in [3.8, 4) is 0 Å². The summed E-state index contributed by atoms with van der Waals surface area (Å²) in [5, 5.41) is 12.5. The summed E-state index contributed by atoms with van der Waals surface area (Å²) in [4.78, 5) is 30.0. The summed E-state index contributed by atoms with van der Waals surface area (Å²) in [7, 11) is 1.73. The van der Waals surface area contributed by atoms with Gasteiger partial charge in [0.2, 0.25) is 0 Å². The van der Waals surface area contributed by atoms with E-state index < -0.39 is 11.9 Å². The molecule has 8 nitrogen and oxygen atoms in total. The van der Waals surface area contributed by atoms with E-state index in [1.807, 2.05) is 0 Å². The number of carbonyl (C=O) groups excluding carboxylic acids is 1. The molecule has 1 aromatic carbocycles. The highest BCUT2D eigenvalue weighted by molar-refractivity contribution is 6.34. The number of aromatic nitrogens is 1. The van der Waals surface area contributed by atoms with E-state index in [2.05, 4.69) is 10.3 Å². The van der Waals surface area contributed by atoms with E-state index in [-0.39, 0.29) is 28.7 Å². The maximum atomic E-state index is 12.4. The highest BCUT2D eigenvalue weighted by Crippen LogP contribution is 2.23. The molecule has 0 bridgehead atoms. The van der Waals surface area contributed by atoms with E-state index in [1.165, 1.54) is 12.3 Å². The zero-order valence-corrected chi connectivity index (χ0v) is 16.0. The van der Waals surface area contributed by atoms with Crippen molar-refractivity contribution in [1.29, 1.82) is 0 Å². The number of hydrogen-bond donors (Lipinski definition) is 2. The molecule has 2 aromatic rings. The van der Waals surface area contributed by atoms with Crippen LogP contribution in [-0.4, -0.2) is 61.5 Å². The van der Waals surface area contributed by atoms with Gasteiger partial charge < -0.3 is 24.8 Å². The maximum absolute atomic E-state index is 12.4. The fraction of sp³-hybridized carbons (Fsp3) is 0.316. The summed E-state index contributed by atoms with van der Waals surface area (Å²) in [5.74, 6) is -1.32. The van der Waals surface area contributed by atoms with Crippen LogP contribution in [0, 0.1) is 0 Å². The predicted molar refractivity (Wildman–Crippen MR) is 104 cm³/mol. The summed E-state index contributed by atoms with van der Waals surface area (Å²) in [5.41, 5.74) is 0.518. The van der Waals surface area contributed by atoms with Crippen LogP contribution in [0.25, 0.3) is 0 Å². The Labute approximate surface area is 167 Å². The van der Waals surface area contributed by atoms with E-state index in [0.717, 1.165) is 0 Å². The molecule has 1 atom stereocenters. The summed E-state index contributed by atoms with van der Waals surface area (Å²) in [6.45, 7) is 1.93. The highest BCUT2D eigenvalue weighted by Gasteiger charge is 2.22. The Bertz CT molecular complexity index is 870. The minimum absolute atomic E-state index is 0.0313. The smallest absolute Gasteiger partial charge is 0.339 e. The quantitative estimate of drug-likeness (QED) is 0.761. The predicted octanol–water partition coefficient (Wildman–Crippen LogP) is 2.54. The summed E-state index contributed by atoms with van der Waals surface area (Å²) in [6, 6.07) is 7.96. The number of hydrogen-bond acceptors (Lipinski definition) is 6. The number of ether oxygens (including phenoxy) is 2. The molecule has 0 radical (unpaired) electrons. The number of nitrogens with one attached hydrogen (secondary N) is 1. The van der Waals surface area contributed by atoms with Gasteiger partial charge in [0.1, 0.15) is 11.4 Å². The van der Waals surface area contributed by atoms with Gasteiger partial charge >= 0.3 is 5.97 Å². The second-order valence-corrected chi connectivity index (χ2v) is 6.69. The number of nitrogens with zero attached hydrogens (tertiary/aromatic N) is 2. The van der Waals surface area contributed by atoms with E-state index >= 15 is 0 Å². The molecule has 0 unspecified atom stereocenters. The Balaban J connectivity index is 1.78. The summed E-state index contributed by atoms with van der Waals surface area (Å²) >= 11 is 6.03. The molecule has 1 aromatic heterocycles. The zero-order chi connectivity index (χ0) is 20.1. The number of carbonyl (C=O) groups is 2. The summed E-state index contributed by atoms with van der Waals surface area (Å²) < 4.78 is 11.0. The first-order chi connectivity index (χ1) is 13.5. The standard InChI is InChI=1S/C19H20ClN3O5/c1-23(10-13-11-27-6-7-28-13)17-15(19(25)26)8-12(9-21-17)22-18(24)14-4-2-3-5-16(14)20/h2-5,8-9,13H,6-7,10-11H2,1H3,(H,22,24)(H,25,26)/t13-/m1/s1. The van der Waals surface area contributed by atoms with Gasteiger partial charge in [-0.2, -0.15) is 0 Å². The first kappa shape index (κ1) is 20.1. The van der Waals surface area contributed by atoms with Gasteiger partial charge in [0.05, 0.1) is 48.4 Å². The monoisotopic (exact) mass is 405 g/mol. The first-order valence-corrected chi connectivity index (χ1v) is 9.03. The van der Waals surface area contributed by atoms with Crippen molar-refractivity contribution in [3.05, 3.63) is 52.7 Å². The molecule has 148 valence electrons. The van der Waals surface area contributed by atoms with Gasteiger partial charge in [0, 0.05) is 13.6 Å². The van der Waals surface area contributed by atoms with Gasteiger partial charge in [-0.15, -0.1) is 0 Å². The Kier molecular flexibility index (Phi) is 6.45. The van der Waals surface area contributed by atoms with Crippen molar-refractivity contribution in [2.24, 2.45) is 0 Å². The normalized spacial score (nSPS) is 16.4. The lowest BCUT2D eigenvalue weighted by Crippen LogP contribution is -2.39. The lowest BCUT2D eigenvalue weighted by atomic mass is 10.2. The topological polar surface area (TPSA) is 101 Å². The molecule has 1 saturated heterocycles. The number of aromatic carboxylic acids is 1. The Morgan fingerprint density at radius 1 is 1.32 bits per heavy atom. The third-order valence-corrected chi connectivity index (χ3v) is 4.53. The molecule has 1 fully saturated rings. The maximum Gasteiger partial charge on any atom is 0.339 e. The van der Waals surface area contributed by atoms with Crippen LogP contribution in [0.1, 0.15) is 20.7 Å². The molecule has 1 aliphatic heterocycles. The van der Waals surface area contributed by atoms with Gasteiger partial charge in [0.15, 0.2) is 0 Å². The van der Waals surface area contributed by atoms with Crippen LogP contribution in [0.3, 0.4) is 0 Å². The Hall–Kier alpha value is -2.68. The molecule has 0 spiro atoms. The third-order valence-electron chi connectivity index (χ3n) is 4.20. The van der Waals surface area contributed by atoms with Gasteiger partial charge in [-0.3, -0.25) is 4.79 Å². The lowest BCUT2D eigenvalue weighted by Gasteiger charge is -2.28. The van der Waals surface area contributed by atoms with Crippen LogP contribution in [0.4, 0.5) is 11.5 Å². The Morgan fingerprint density at radius 2 is 2.11 bits per heavy atom. The molecule has 28 heavy (non-hydrogen) atoms. The molecular formula is C19H20ClN3O5. The zero-order valence-electron chi connectivity index (χ0n) is 15.2. The van der Waals surface area contributed by atoms with Crippen molar-refractivity contribution in [2.45, 2.75) is 6.10 Å². The minimum Gasteiger partial charge on any atom is -0.478 e. The van der Waals surface area contributed by atoms with Crippen LogP contribution >= 0.6 is 11.6 Å². The van der Waals surface area contributed by atoms with Crippen LogP contribution < -0.4 is 10.2 Å². The first-order valence-electron chi connectivity index (χ1n) is 8.65. The van der Waals surface area contributed by atoms with Crippen molar-refractivity contribution >= 4 is 35.0 Å². The fourth-order valence-electron chi connectivity index (χ4n) is 2.87. The van der Waals surface area contributed by atoms with Gasteiger partial charge in [-0.1, -0.05) is 23.7 Å². The fourth-order valence-corrected chi connectivity index (χ4v) is 3.09. The molecule has 0 saturated carbocycles. The molecule has 0 aliphatic carbocycles. The number of pyridine rings is 1. The molecule has 3 rings (SSSR count). The third kappa shape index (κ3) is 4.78. The average molecular weight is 406 g/mol. The van der Waals surface area contributed by atoms with Crippen molar-refractivity contribution < 1.29 is 24.2 Å². The van der Waals surface area contributed by atoms with Crippen LogP contribution in [0.5, 0.6) is 0 Å². The van der Waals surface area contributed by atoms with Crippen LogP contribution in [-0.2, 0) is 9.47 Å². The van der Waals surface area contributed by atoms with Crippen molar-refractivity contribution in [3.63, 3.8) is 0 Å². The SMILES string of the molecule is CN(C[C@@H]1COCCO1)c1ncc(NC(=O)c2ccccc2Cl)cc1C(=O)O. The van der Waals surface area contributed by atoms with E-state index in [1.54, 1.807) is 36.2 Å². The van der Waals surface area contributed by atoms with Gasteiger partial charge in [-0.25, -0.2) is 9.78 Å². The number of rotatable bonds is 6. The van der Waals surface area contributed by atoms with E-state index in [4.69, 9.17) is 21.1 Å². The second kappa shape index (κ2) is 9.01. The molecule has 2 heterocycles. The largest absolute Gasteiger partial charge is 0.478 e. The van der Waals surface area contributed by atoms with Crippen LogP contribution in [0.2, 0.25) is 5.02 Å². The number of likely N-dealkylation sites (N-methyl/N-ethyl adjacent to an activating group) is 1. The molecule has 2 N–H and O–H groups in total. The lowest BCUT2D eigenvalue weighted by molar-refractivity contribution is -0.0837. The number of carboxylic acid groups (broad SMARTS) is 1. The van der Waals surface area contributed by atoms with Crippen molar-refractivity contribution in [2.75, 3.05) is 43.6 Å². The molecular weight excluding hydrogens is 386 g/mol. The minimum atomic E-state index is -1.15.